The van der Waals surface area contributed by atoms with Crippen molar-refractivity contribution in [3.8, 4) is 0 Å². The van der Waals surface area contributed by atoms with Crippen LogP contribution >= 0.6 is 0 Å². The van der Waals surface area contributed by atoms with Crippen LogP contribution in [-0.2, 0) is 19.2 Å². The molecule has 0 aromatic heterocycles. The number of fused-ring (bicyclic) bond motifs is 1. The van der Waals surface area contributed by atoms with Gasteiger partial charge in [-0.1, -0.05) is 6.08 Å². The molecule has 3 unspecified atom stereocenters. The molecule has 0 spiro atoms. The minimum absolute atomic E-state index is 0.139. The number of nitrogens with one attached hydrogen (secondary N) is 2. The van der Waals surface area contributed by atoms with Gasteiger partial charge in [-0.2, -0.15) is 0 Å². The molecule has 3 saturated heterocycles. The molecule has 25 heavy (non-hydrogen) atoms. The predicted octanol–water partition coefficient (Wildman–Crippen LogP) is -1.25. The number of hydrogen-bond donors (Lipinski definition) is 2. The molecule has 0 saturated carbocycles. The second-order valence-electron chi connectivity index (χ2n) is 6.75. The summed E-state index contributed by atoms with van der Waals surface area (Å²) in [4.78, 5) is 52.2. The molecule has 0 radical (unpaired) electrons. The molecule has 3 fully saturated rings. The van der Waals surface area contributed by atoms with Gasteiger partial charge < -0.3 is 10.2 Å². The number of rotatable bonds is 2. The van der Waals surface area contributed by atoms with Crippen LogP contribution in [0.1, 0.15) is 12.8 Å². The highest BCUT2D eigenvalue weighted by Gasteiger charge is 2.51. The highest BCUT2D eigenvalue weighted by atomic mass is 16.2. The van der Waals surface area contributed by atoms with Crippen LogP contribution in [0.15, 0.2) is 23.9 Å². The van der Waals surface area contributed by atoms with Crippen molar-refractivity contribution in [2.45, 2.75) is 18.9 Å². The SMILES string of the molecule is O=C1CCC(N2C(=O)C3C=CC(N4CCNCC4)=CC3C2=O)C(=O)N1. The number of carbonyl (C=O) groups is 4. The van der Waals surface area contributed by atoms with Gasteiger partial charge in [-0.25, -0.2) is 0 Å². The summed E-state index contributed by atoms with van der Waals surface area (Å²) in [6.07, 6.45) is 5.85. The van der Waals surface area contributed by atoms with Crippen molar-refractivity contribution in [2.24, 2.45) is 11.8 Å². The molecule has 0 aromatic rings. The van der Waals surface area contributed by atoms with E-state index < -0.39 is 23.8 Å². The summed E-state index contributed by atoms with van der Waals surface area (Å²) < 4.78 is 0. The van der Waals surface area contributed by atoms with Crippen LogP contribution in [0.5, 0.6) is 0 Å². The second-order valence-corrected chi connectivity index (χ2v) is 6.75. The summed E-state index contributed by atoms with van der Waals surface area (Å²) in [6.45, 7) is 3.47. The largest absolute Gasteiger partial charge is 0.369 e. The third kappa shape index (κ3) is 2.66. The number of allylic oxidation sites excluding steroid dienone is 1. The number of amides is 4. The minimum Gasteiger partial charge on any atom is -0.369 e. The maximum atomic E-state index is 12.8. The Hall–Kier alpha value is -2.48. The van der Waals surface area contributed by atoms with Crippen LogP contribution in [0.3, 0.4) is 0 Å². The molecule has 4 rings (SSSR count). The molecule has 132 valence electrons. The van der Waals surface area contributed by atoms with Crippen LogP contribution in [0.2, 0.25) is 0 Å². The molecule has 3 aliphatic heterocycles. The molecular formula is C17H20N4O4. The van der Waals surface area contributed by atoms with Crippen molar-refractivity contribution in [1.82, 2.24) is 20.4 Å². The van der Waals surface area contributed by atoms with E-state index in [2.05, 4.69) is 15.5 Å². The van der Waals surface area contributed by atoms with Gasteiger partial charge in [-0.15, -0.1) is 0 Å². The van der Waals surface area contributed by atoms with Crippen molar-refractivity contribution in [2.75, 3.05) is 26.2 Å². The van der Waals surface area contributed by atoms with Crippen LogP contribution in [0.4, 0.5) is 0 Å². The molecule has 8 heteroatoms. The molecule has 0 bridgehead atoms. The van der Waals surface area contributed by atoms with E-state index in [-0.39, 0.29) is 30.6 Å². The highest BCUT2D eigenvalue weighted by Crippen LogP contribution is 2.36. The minimum atomic E-state index is -0.882. The number of hydrogen-bond acceptors (Lipinski definition) is 6. The van der Waals surface area contributed by atoms with Gasteiger partial charge in [0.15, 0.2) is 0 Å². The Morgan fingerprint density at radius 3 is 2.44 bits per heavy atom. The number of piperidine rings is 1. The Balaban J connectivity index is 1.57. The van der Waals surface area contributed by atoms with Gasteiger partial charge in [0, 0.05) is 38.3 Å². The van der Waals surface area contributed by atoms with Gasteiger partial charge in [0.2, 0.25) is 23.6 Å². The maximum Gasteiger partial charge on any atom is 0.249 e. The smallest absolute Gasteiger partial charge is 0.249 e. The first-order valence-corrected chi connectivity index (χ1v) is 8.62. The van der Waals surface area contributed by atoms with Crippen molar-refractivity contribution < 1.29 is 19.2 Å². The highest BCUT2D eigenvalue weighted by molar-refractivity contribution is 6.12. The Kier molecular flexibility index (Phi) is 3.91. The quantitative estimate of drug-likeness (QED) is 0.608. The van der Waals surface area contributed by atoms with Gasteiger partial charge in [0.25, 0.3) is 0 Å². The average molecular weight is 344 g/mol. The van der Waals surface area contributed by atoms with Crippen molar-refractivity contribution in [1.29, 1.82) is 0 Å². The van der Waals surface area contributed by atoms with Crippen molar-refractivity contribution >= 4 is 23.6 Å². The standard InChI is InChI=1S/C17H20N4O4/c22-14-4-3-13(15(23)19-14)21-16(24)11-2-1-10(9-12(11)17(21)25)20-7-5-18-6-8-20/h1-2,9,11-13,18H,3-8H2,(H,19,22,23). The number of carbonyl (C=O) groups excluding carboxylic acids is 4. The van der Waals surface area contributed by atoms with Gasteiger partial charge in [-0.3, -0.25) is 29.4 Å². The van der Waals surface area contributed by atoms with Gasteiger partial charge in [-0.05, 0) is 18.6 Å². The first-order chi connectivity index (χ1) is 12.1. The maximum absolute atomic E-state index is 12.8. The summed E-state index contributed by atoms with van der Waals surface area (Å²) in [5.74, 6) is -2.74. The first kappa shape index (κ1) is 16.0. The number of imide groups is 2. The van der Waals surface area contributed by atoms with Crippen LogP contribution in [-0.4, -0.2) is 65.6 Å². The number of likely N-dealkylation sites (tertiary alicyclic amines) is 1. The topological polar surface area (TPSA) is 98.8 Å². The number of nitrogens with zero attached hydrogens (tertiary/aromatic N) is 2. The molecule has 0 aromatic carbocycles. The zero-order valence-electron chi connectivity index (χ0n) is 13.7. The van der Waals surface area contributed by atoms with E-state index in [1.54, 1.807) is 6.08 Å². The Bertz CT molecular complexity index is 707. The fourth-order valence-electron chi connectivity index (χ4n) is 3.93. The van der Waals surface area contributed by atoms with E-state index in [9.17, 15) is 19.2 Å². The Morgan fingerprint density at radius 1 is 1.00 bits per heavy atom. The molecular weight excluding hydrogens is 324 g/mol. The van der Waals surface area contributed by atoms with Crippen molar-refractivity contribution in [3.05, 3.63) is 23.9 Å². The van der Waals surface area contributed by atoms with Gasteiger partial charge >= 0.3 is 0 Å². The first-order valence-electron chi connectivity index (χ1n) is 8.62. The fraction of sp³-hybridized carbons (Fsp3) is 0.529. The van der Waals surface area contributed by atoms with E-state index >= 15 is 0 Å². The average Bonchev–Trinajstić information content (AvgIpc) is 2.87. The third-order valence-corrected chi connectivity index (χ3v) is 5.26. The van der Waals surface area contributed by atoms with E-state index in [1.807, 2.05) is 12.2 Å². The summed E-state index contributed by atoms with van der Waals surface area (Å²) in [5, 5.41) is 5.50. The molecule has 3 heterocycles. The van der Waals surface area contributed by atoms with Crippen molar-refractivity contribution in [3.63, 3.8) is 0 Å². The van der Waals surface area contributed by atoms with Crippen LogP contribution in [0, 0.1) is 11.8 Å². The lowest BCUT2D eigenvalue weighted by Gasteiger charge is -2.32. The predicted molar refractivity (Wildman–Crippen MR) is 86.7 cm³/mol. The molecule has 4 amide bonds. The molecule has 8 nitrogen and oxygen atoms in total. The summed E-state index contributed by atoms with van der Waals surface area (Å²) in [5.41, 5.74) is 0.953. The van der Waals surface area contributed by atoms with E-state index in [1.165, 1.54) is 0 Å². The lowest BCUT2D eigenvalue weighted by atomic mass is 9.89. The summed E-state index contributed by atoms with van der Waals surface area (Å²) in [6, 6.07) is -0.882. The zero-order valence-corrected chi connectivity index (χ0v) is 13.7. The normalized spacial score (nSPS) is 32.6. The van der Waals surface area contributed by atoms with Crippen LogP contribution < -0.4 is 10.6 Å². The zero-order chi connectivity index (χ0) is 17.6. The Labute approximate surface area is 144 Å². The molecule has 1 aliphatic carbocycles. The molecule has 4 aliphatic rings. The lowest BCUT2D eigenvalue weighted by Crippen LogP contribution is -2.54. The van der Waals surface area contributed by atoms with E-state index in [4.69, 9.17) is 0 Å². The summed E-state index contributed by atoms with van der Waals surface area (Å²) >= 11 is 0. The lowest BCUT2D eigenvalue weighted by molar-refractivity contribution is -0.151. The van der Waals surface area contributed by atoms with Crippen LogP contribution in [0.25, 0.3) is 0 Å². The molecule has 2 N–H and O–H groups in total. The number of piperazine rings is 1. The Morgan fingerprint density at radius 2 is 1.72 bits per heavy atom. The third-order valence-electron chi connectivity index (χ3n) is 5.26. The van der Waals surface area contributed by atoms with E-state index in [0.29, 0.717) is 0 Å². The monoisotopic (exact) mass is 344 g/mol. The fourth-order valence-corrected chi connectivity index (χ4v) is 3.93. The van der Waals surface area contributed by atoms with E-state index in [0.717, 1.165) is 36.8 Å². The second kappa shape index (κ2) is 6.11. The van der Waals surface area contributed by atoms with Gasteiger partial charge in [0.05, 0.1) is 11.8 Å². The van der Waals surface area contributed by atoms with Gasteiger partial charge in [0.1, 0.15) is 6.04 Å². The molecule has 3 atom stereocenters. The summed E-state index contributed by atoms with van der Waals surface area (Å²) in [7, 11) is 0.